The molecule has 86 valence electrons. The smallest absolute Gasteiger partial charge is 0.290 e. The average molecular weight is 224 g/mol. The Hall–Kier alpha value is -1.82. The Morgan fingerprint density at radius 3 is 2.88 bits per heavy atom. The van der Waals surface area contributed by atoms with Crippen LogP contribution >= 0.6 is 0 Å². The van der Waals surface area contributed by atoms with Crippen LogP contribution in [0.1, 0.15) is 17.0 Å². The molecule has 2 atom stereocenters. The maximum absolute atomic E-state index is 11.8. The van der Waals surface area contributed by atoms with Gasteiger partial charge in [-0.15, -0.1) is 0 Å². The molecule has 1 amide bonds. The number of furan rings is 1. The monoisotopic (exact) mass is 224 g/mol. The number of hydrogen-bond acceptors (Lipinski definition) is 5. The number of aliphatic carboxylic acids is 1. The zero-order valence-electron chi connectivity index (χ0n) is 8.33. The predicted octanol–water partition coefficient (Wildman–Crippen LogP) is -1.40. The Bertz CT molecular complexity index is 399. The van der Waals surface area contributed by atoms with Gasteiger partial charge in [0.05, 0.1) is 24.4 Å². The van der Waals surface area contributed by atoms with Crippen LogP contribution in [-0.4, -0.2) is 40.6 Å². The van der Waals surface area contributed by atoms with Gasteiger partial charge in [-0.05, 0) is 12.1 Å². The molecule has 1 aromatic heterocycles. The Morgan fingerprint density at radius 1 is 1.56 bits per heavy atom. The minimum atomic E-state index is -1.36. The number of likely N-dealkylation sites (tertiary alicyclic amines) is 1. The van der Waals surface area contributed by atoms with Gasteiger partial charge < -0.3 is 24.3 Å². The lowest BCUT2D eigenvalue weighted by Gasteiger charge is -2.23. The molecule has 6 nitrogen and oxygen atoms in total. The molecule has 0 bridgehead atoms. The van der Waals surface area contributed by atoms with Gasteiger partial charge in [-0.25, -0.2) is 0 Å². The molecule has 1 aromatic rings. The topological polar surface area (TPSA) is 93.8 Å². The van der Waals surface area contributed by atoms with Gasteiger partial charge >= 0.3 is 0 Å². The Morgan fingerprint density at radius 2 is 2.31 bits per heavy atom. The fourth-order valence-corrected chi connectivity index (χ4v) is 1.80. The first-order valence-corrected chi connectivity index (χ1v) is 4.83. The normalized spacial score (nSPS) is 24.7. The fourth-order valence-electron chi connectivity index (χ4n) is 1.80. The third-order valence-electron chi connectivity index (χ3n) is 2.54. The molecule has 1 aliphatic heterocycles. The first kappa shape index (κ1) is 10.7. The molecule has 0 aliphatic carbocycles. The van der Waals surface area contributed by atoms with E-state index in [1.807, 2.05) is 0 Å². The first-order valence-electron chi connectivity index (χ1n) is 4.83. The molecule has 1 N–H and O–H groups in total. The summed E-state index contributed by atoms with van der Waals surface area (Å²) in [6.45, 7) is -0.0157. The summed E-state index contributed by atoms with van der Waals surface area (Å²) in [4.78, 5) is 23.6. The van der Waals surface area contributed by atoms with Gasteiger partial charge in [-0.2, -0.15) is 0 Å². The maximum atomic E-state index is 11.8. The number of carbonyl (C=O) groups excluding carboxylic acids is 2. The number of rotatable bonds is 2. The Balaban J connectivity index is 2.20. The molecule has 16 heavy (non-hydrogen) atoms. The second-order valence-electron chi connectivity index (χ2n) is 3.66. The molecular formula is C10H10NO5-. The van der Waals surface area contributed by atoms with E-state index in [2.05, 4.69) is 0 Å². The number of carbonyl (C=O) groups is 2. The van der Waals surface area contributed by atoms with Crippen LogP contribution in [-0.2, 0) is 4.79 Å². The summed E-state index contributed by atoms with van der Waals surface area (Å²) in [5, 5.41) is 20.1. The highest BCUT2D eigenvalue weighted by atomic mass is 16.4. The molecule has 2 heterocycles. The van der Waals surface area contributed by atoms with Crippen LogP contribution < -0.4 is 5.11 Å². The highest BCUT2D eigenvalue weighted by molar-refractivity contribution is 5.94. The van der Waals surface area contributed by atoms with Gasteiger partial charge in [0.2, 0.25) is 0 Å². The van der Waals surface area contributed by atoms with E-state index in [9.17, 15) is 19.8 Å². The zero-order valence-corrected chi connectivity index (χ0v) is 8.33. The van der Waals surface area contributed by atoms with Gasteiger partial charge in [-0.1, -0.05) is 0 Å². The third kappa shape index (κ3) is 1.79. The predicted molar refractivity (Wildman–Crippen MR) is 49.2 cm³/mol. The number of hydrogen-bond donors (Lipinski definition) is 1. The number of aliphatic hydroxyl groups excluding tert-OH is 1. The van der Waals surface area contributed by atoms with E-state index in [1.54, 1.807) is 0 Å². The van der Waals surface area contributed by atoms with Crippen molar-refractivity contribution in [3.63, 3.8) is 0 Å². The fraction of sp³-hybridized carbons (Fsp3) is 0.400. The summed E-state index contributed by atoms with van der Waals surface area (Å²) in [7, 11) is 0. The van der Waals surface area contributed by atoms with Crippen LogP contribution in [0.2, 0.25) is 0 Å². The summed E-state index contributed by atoms with van der Waals surface area (Å²) in [6, 6.07) is 1.89. The highest BCUT2D eigenvalue weighted by Crippen LogP contribution is 2.20. The van der Waals surface area contributed by atoms with Crippen molar-refractivity contribution in [2.24, 2.45) is 0 Å². The molecule has 2 rings (SSSR count). The Labute approximate surface area is 91.1 Å². The van der Waals surface area contributed by atoms with Crippen LogP contribution in [0.4, 0.5) is 0 Å². The molecule has 6 heteroatoms. The van der Waals surface area contributed by atoms with E-state index < -0.39 is 24.0 Å². The van der Waals surface area contributed by atoms with Crippen LogP contribution in [0, 0.1) is 0 Å². The zero-order chi connectivity index (χ0) is 11.7. The molecule has 0 spiro atoms. The second-order valence-corrected chi connectivity index (χ2v) is 3.66. The SMILES string of the molecule is O=C([O-])[C@H]1C[C@@H](O)CN1C(=O)c1ccco1. The van der Waals surface area contributed by atoms with Crippen molar-refractivity contribution >= 4 is 11.9 Å². The molecule has 0 aromatic carbocycles. The van der Waals surface area contributed by atoms with Crippen molar-refractivity contribution in [2.45, 2.75) is 18.6 Å². The summed E-state index contributed by atoms with van der Waals surface area (Å²) >= 11 is 0. The van der Waals surface area contributed by atoms with Crippen LogP contribution in [0.25, 0.3) is 0 Å². The summed E-state index contributed by atoms with van der Waals surface area (Å²) in [5.41, 5.74) is 0. The lowest BCUT2D eigenvalue weighted by molar-refractivity contribution is -0.310. The number of nitrogens with zero attached hydrogens (tertiary/aromatic N) is 1. The first-order chi connectivity index (χ1) is 7.59. The van der Waals surface area contributed by atoms with E-state index in [1.165, 1.54) is 18.4 Å². The number of carboxylic acids is 1. The van der Waals surface area contributed by atoms with Crippen molar-refractivity contribution in [1.82, 2.24) is 4.90 Å². The highest BCUT2D eigenvalue weighted by Gasteiger charge is 2.36. The van der Waals surface area contributed by atoms with Crippen molar-refractivity contribution in [1.29, 1.82) is 0 Å². The molecule has 0 radical (unpaired) electrons. The van der Waals surface area contributed by atoms with Gasteiger partial charge in [-0.3, -0.25) is 4.79 Å². The van der Waals surface area contributed by atoms with E-state index in [4.69, 9.17) is 4.42 Å². The molecule has 0 saturated carbocycles. The van der Waals surface area contributed by atoms with Gasteiger partial charge in [0.15, 0.2) is 5.76 Å². The summed E-state index contributed by atoms with van der Waals surface area (Å²) < 4.78 is 4.88. The minimum Gasteiger partial charge on any atom is -0.548 e. The Kier molecular flexibility index (Phi) is 2.66. The molecule has 1 aliphatic rings. The molecular weight excluding hydrogens is 214 g/mol. The standard InChI is InChI=1S/C10H11NO5/c12-6-4-7(10(14)15)11(5-6)9(13)8-2-1-3-16-8/h1-3,6-7,12H,4-5H2,(H,14,15)/p-1/t6-,7-/m1/s1. The van der Waals surface area contributed by atoms with Gasteiger partial charge in [0.1, 0.15) is 0 Å². The third-order valence-corrected chi connectivity index (χ3v) is 2.54. The molecule has 1 saturated heterocycles. The van der Waals surface area contributed by atoms with Crippen LogP contribution in [0.3, 0.4) is 0 Å². The van der Waals surface area contributed by atoms with Gasteiger partial charge in [0, 0.05) is 13.0 Å². The summed E-state index contributed by atoms with van der Waals surface area (Å²) in [5.74, 6) is -1.85. The molecule has 1 fully saturated rings. The average Bonchev–Trinajstić information content (AvgIpc) is 2.84. The largest absolute Gasteiger partial charge is 0.548 e. The van der Waals surface area contributed by atoms with E-state index in [0.29, 0.717) is 0 Å². The molecule has 0 unspecified atom stereocenters. The lowest BCUT2D eigenvalue weighted by atomic mass is 10.2. The van der Waals surface area contributed by atoms with E-state index >= 15 is 0 Å². The van der Waals surface area contributed by atoms with Crippen molar-refractivity contribution < 1.29 is 24.2 Å². The van der Waals surface area contributed by atoms with E-state index in [0.717, 1.165) is 4.90 Å². The van der Waals surface area contributed by atoms with Gasteiger partial charge in [0.25, 0.3) is 5.91 Å². The van der Waals surface area contributed by atoms with Crippen molar-refractivity contribution in [2.75, 3.05) is 6.54 Å². The number of amides is 1. The lowest BCUT2D eigenvalue weighted by Crippen LogP contribution is -2.46. The second kappa shape index (κ2) is 3.97. The number of carboxylic acid groups (broad SMARTS) is 1. The number of β-amino-alcohol motifs (C(OH)–C–C–N with tert-alkyl or cyclic N) is 1. The number of aliphatic hydroxyl groups is 1. The summed E-state index contributed by atoms with van der Waals surface area (Å²) in [6.07, 6.45) is 0.490. The van der Waals surface area contributed by atoms with Crippen molar-refractivity contribution in [3.8, 4) is 0 Å². The van der Waals surface area contributed by atoms with Crippen molar-refractivity contribution in [3.05, 3.63) is 24.2 Å². The minimum absolute atomic E-state index is 0.00518. The quantitative estimate of drug-likeness (QED) is 0.667. The van der Waals surface area contributed by atoms with E-state index in [-0.39, 0.29) is 18.7 Å². The van der Waals surface area contributed by atoms with Crippen LogP contribution in [0.15, 0.2) is 22.8 Å². The van der Waals surface area contributed by atoms with Crippen LogP contribution in [0.5, 0.6) is 0 Å². The maximum Gasteiger partial charge on any atom is 0.290 e.